The second kappa shape index (κ2) is 7.87. The van der Waals surface area contributed by atoms with Gasteiger partial charge in [-0.1, -0.05) is 0 Å². The zero-order valence-electron chi connectivity index (χ0n) is 12.8. The molecule has 0 bridgehead atoms. The summed E-state index contributed by atoms with van der Waals surface area (Å²) < 4.78 is 31.1. The van der Waals surface area contributed by atoms with Crippen molar-refractivity contribution in [1.82, 2.24) is 9.80 Å². The van der Waals surface area contributed by atoms with E-state index >= 15 is 0 Å². The van der Waals surface area contributed by atoms with E-state index in [1.54, 1.807) is 4.90 Å². The molecule has 2 rings (SSSR count). The van der Waals surface area contributed by atoms with Crippen LogP contribution >= 0.6 is 0 Å². The van der Waals surface area contributed by atoms with E-state index in [0.717, 1.165) is 12.1 Å². The van der Waals surface area contributed by atoms with Crippen LogP contribution in [0.15, 0.2) is 18.2 Å². The molecule has 1 aliphatic rings. The predicted octanol–water partition coefficient (Wildman–Crippen LogP) is 1.68. The Balaban J connectivity index is 1.91. The number of esters is 1. The number of rotatable bonds is 3. The molecule has 8 heteroatoms. The number of nitrogens with one attached hydrogen (secondary N) is 1. The van der Waals surface area contributed by atoms with Crippen LogP contribution in [0.4, 0.5) is 19.3 Å². The van der Waals surface area contributed by atoms with Gasteiger partial charge < -0.3 is 15.0 Å². The Morgan fingerprint density at radius 3 is 2.70 bits per heavy atom. The maximum absolute atomic E-state index is 13.6. The Kier molecular flexibility index (Phi) is 5.86. The topological polar surface area (TPSA) is 61.9 Å². The first-order valence-corrected chi connectivity index (χ1v) is 7.29. The summed E-state index contributed by atoms with van der Waals surface area (Å²) in [4.78, 5) is 26.9. The van der Waals surface area contributed by atoms with Crippen molar-refractivity contribution in [2.75, 3.05) is 45.2 Å². The predicted molar refractivity (Wildman–Crippen MR) is 80.0 cm³/mol. The molecule has 0 saturated carbocycles. The Labute approximate surface area is 133 Å². The summed E-state index contributed by atoms with van der Waals surface area (Å²) in [6.45, 7) is 2.27. The van der Waals surface area contributed by atoms with E-state index in [4.69, 9.17) is 0 Å². The standard InChI is InChI=1S/C15H19F2N3O3/c1-23-14(21)10-19-5-2-6-20(8-7-19)15(22)18-13-4-3-11(16)9-12(13)17/h3-4,9H,2,5-8,10H2,1H3,(H,18,22). The van der Waals surface area contributed by atoms with E-state index in [9.17, 15) is 18.4 Å². The summed E-state index contributed by atoms with van der Waals surface area (Å²) in [6, 6.07) is 2.54. The zero-order chi connectivity index (χ0) is 16.8. The molecule has 1 aromatic rings. The molecule has 0 atom stereocenters. The van der Waals surface area contributed by atoms with Gasteiger partial charge in [0, 0.05) is 32.2 Å². The Hall–Kier alpha value is -2.22. The van der Waals surface area contributed by atoms with Crippen molar-refractivity contribution in [1.29, 1.82) is 0 Å². The van der Waals surface area contributed by atoms with Crippen LogP contribution in [0.2, 0.25) is 0 Å². The summed E-state index contributed by atoms with van der Waals surface area (Å²) in [5.74, 6) is -1.84. The first-order chi connectivity index (χ1) is 11.0. The van der Waals surface area contributed by atoms with E-state index < -0.39 is 17.7 Å². The molecular weight excluding hydrogens is 308 g/mol. The number of anilines is 1. The lowest BCUT2D eigenvalue weighted by Crippen LogP contribution is -2.39. The van der Waals surface area contributed by atoms with E-state index in [1.807, 2.05) is 4.90 Å². The van der Waals surface area contributed by atoms with Gasteiger partial charge in [-0.15, -0.1) is 0 Å². The second-order valence-electron chi connectivity index (χ2n) is 5.25. The molecule has 0 aliphatic carbocycles. The molecule has 2 amide bonds. The number of ether oxygens (including phenoxy) is 1. The molecular formula is C15H19F2N3O3. The van der Waals surface area contributed by atoms with E-state index in [1.165, 1.54) is 13.2 Å². The second-order valence-corrected chi connectivity index (χ2v) is 5.25. The fraction of sp³-hybridized carbons (Fsp3) is 0.467. The first-order valence-electron chi connectivity index (χ1n) is 7.29. The molecule has 23 heavy (non-hydrogen) atoms. The van der Waals surface area contributed by atoms with Crippen LogP contribution < -0.4 is 5.32 Å². The molecule has 0 aromatic heterocycles. The van der Waals surface area contributed by atoms with Gasteiger partial charge in [0.2, 0.25) is 0 Å². The van der Waals surface area contributed by atoms with Crippen LogP contribution in [-0.4, -0.2) is 61.6 Å². The van der Waals surface area contributed by atoms with Crippen LogP contribution in [-0.2, 0) is 9.53 Å². The maximum atomic E-state index is 13.6. The van der Waals surface area contributed by atoms with Crippen LogP contribution in [0, 0.1) is 11.6 Å². The number of hydrogen-bond donors (Lipinski definition) is 1. The summed E-state index contributed by atoms with van der Waals surface area (Å²) in [6.07, 6.45) is 0.691. The number of benzene rings is 1. The molecule has 6 nitrogen and oxygen atoms in total. The number of methoxy groups -OCH3 is 1. The van der Waals surface area contributed by atoms with Gasteiger partial charge in [-0.2, -0.15) is 0 Å². The maximum Gasteiger partial charge on any atom is 0.321 e. The monoisotopic (exact) mass is 327 g/mol. The molecule has 1 heterocycles. The molecule has 126 valence electrons. The SMILES string of the molecule is COC(=O)CN1CCCN(C(=O)Nc2ccc(F)cc2F)CC1. The van der Waals surface area contributed by atoms with Gasteiger partial charge in [0.05, 0.1) is 19.3 Å². The minimum absolute atomic E-state index is 0.0629. The highest BCUT2D eigenvalue weighted by Crippen LogP contribution is 2.16. The third-order valence-corrected chi connectivity index (χ3v) is 3.63. The number of carbonyl (C=O) groups excluding carboxylic acids is 2. The minimum Gasteiger partial charge on any atom is -0.468 e. The lowest BCUT2D eigenvalue weighted by molar-refractivity contribution is -0.141. The van der Waals surface area contributed by atoms with Crippen molar-refractivity contribution in [3.05, 3.63) is 29.8 Å². The minimum atomic E-state index is -0.819. The highest BCUT2D eigenvalue weighted by Gasteiger charge is 2.21. The van der Waals surface area contributed by atoms with Gasteiger partial charge >= 0.3 is 12.0 Å². The molecule has 0 radical (unpaired) electrons. The van der Waals surface area contributed by atoms with Crippen LogP contribution in [0.1, 0.15) is 6.42 Å². The first kappa shape index (κ1) is 17.1. The molecule has 1 N–H and O–H groups in total. The van der Waals surface area contributed by atoms with Crippen molar-refractivity contribution >= 4 is 17.7 Å². The van der Waals surface area contributed by atoms with E-state index in [0.29, 0.717) is 32.6 Å². The number of carbonyl (C=O) groups is 2. The average molecular weight is 327 g/mol. The fourth-order valence-corrected chi connectivity index (χ4v) is 2.36. The number of urea groups is 1. The van der Waals surface area contributed by atoms with Crippen LogP contribution in [0.3, 0.4) is 0 Å². The van der Waals surface area contributed by atoms with Gasteiger partial charge in [-0.25, -0.2) is 13.6 Å². The van der Waals surface area contributed by atoms with Crippen molar-refractivity contribution in [2.24, 2.45) is 0 Å². The van der Waals surface area contributed by atoms with Crippen molar-refractivity contribution in [3.63, 3.8) is 0 Å². The number of halogens is 2. The van der Waals surface area contributed by atoms with Crippen LogP contribution in [0.5, 0.6) is 0 Å². The number of hydrogen-bond acceptors (Lipinski definition) is 4. The number of nitrogens with zero attached hydrogens (tertiary/aromatic N) is 2. The largest absolute Gasteiger partial charge is 0.468 e. The van der Waals surface area contributed by atoms with E-state index in [-0.39, 0.29) is 18.2 Å². The fourth-order valence-electron chi connectivity index (χ4n) is 2.36. The van der Waals surface area contributed by atoms with Gasteiger partial charge in [-0.3, -0.25) is 9.69 Å². The highest BCUT2D eigenvalue weighted by molar-refractivity contribution is 5.89. The van der Waals surface area contributed by atoms with E-state index in [2.05, 4.69) is 10.1 Å². The number of amides is 2. The van der Waals surface area contributed by atoms with Crippen molar-refractivity contribution in [2.45, 2.75) is 6.42 Å². The van der Waals surface area contributed by atoms with Gasteiger partial charge in [0.15, 0.2) is 0 Å². The third-order valence-electron chi connectivity index (χ3n) is 3.63. The van der Waals surface area contributed by atoms with Crippen molar-refractivity contribution < 1.29 is 23.1 Å². The smallest absolute Gasteiger partial charge is 0.321 e. The molecule has 1 aliphatic heterocycles. The Morgan fingerprint density at radius 1 is 1.22 bits per heavy atom. The summed E-state index contributed by atoms with van der Waals surface area (Å²) in [5.41, 5.74) is -0.0629. The quantitative estimate of drug-likeness (QED) is 0.858. The Morgan fingerprint density at radius 2 is 2.00 bits per heavy atom. The lowest BCUT2D eigenvalue weighted by Gasteiger charge is -2.22. The summed E-state index contributed by atoms with van der Waals surface area (Å²) in [5, 5.41) is 2.44. The third kappa shape index (κ3) is 4.88. The summed E-state index contributed by atoms with van der Waals surface area (Å²) >= 11 is 0. The Bertz CT molecular complexity index is 583. The molecule has 0 unspecified atom stereocenters. The zero-order valence-corrected chi connectivity index (χ0v) is 12.8. The van der Waals surface area contributed by atoms with Gasteiger partial charge in [-0.05, 0) is 18.6 Å². The molecule has 0 spiro atoms. The highest BCUT2D eigenvalue weighted by atomic mass is 19.1. The average Bonchev–Trinajstić information content (AvgIpc) is 2.75. The van der Waals surface area contributed by atoms with Crippen LogP contribution in [0.25, 0.3) is 0 Å². The lowest BCUT2D eigenvalue weighted by atomic mass is 10.3. The van der Waals surface area contributed by atoms with Gasteiger partial charge in [0.25, 0.3) is 0 Å². The molecule has 1 fully saturated rings. The molecule has 1 aromatic carbocycles. The molecule has 1 saturated heterocycles. The van der Waals surface area contributed by atoms with Gasteiger partial charge in [0.1, 0.15) is 11.6 Å². The van der Waals surface area contributed by atoms with Crippen molar-refractivity contribution in [3.8, 4) is 0 Å². The normalized spacial score (nSPS) is 15.9. The summed E-state index contributed by atoms with van der Waals surface area (Å²) in [7, 11) is 1.33.